The summed E-state index contributed by atoms with van der Waals surface area (Å²) in [5.41, 5.74) is 5.50. The van der Waals surface area contributed by atoms with Gasteiger partial charge in [-0.25, -0.2) is 13.1 Å². The van der Waals surface area contributed by atoms with Gasteiger partial charge >= 0.3 is 0 Å². The highest BCUT2D eigenvalue weighted by atomic mass is 32.2. The lowest BCUT2D eigenvalue weighted by Crippen LogP contribution is -2.52. The van der Waals surface area contributed by atoms with Gasteiger partial charge in [-0.2, -0.15) is 0 Å². The standard InChI is InChI=1S/C11H23N3O2S2/c1-4-10(11(12)17)18(15,16)13-9-5-6-14(3)7-8(9)2/h8-10,13H,4-7H2,1-3H3,(H2,12,17). The quantitative estimate of drug-likeness (QED) is 0.714. The molecule has 0 aromatic carbocycles. The van der Waals surface area contributed by atoms with E-state index in [4.69, 9.17) is 18.0 Å². The molecular weight excluding hydrogens is 270 g/mol. The first-order valence-electron chi connectivity index (χ1n) is 6.27. The Balaban J connectivity index is 2.74. The minimum absolute atomic E-state index is 0.0189. The van der Waals surface area contributed by atoms with E-state index in [9.17, 15) is 8.42 Å². The second-order valence-electron chi connectivity index (χ2n) is 5.10. The minimum Gasteiger partial charge on any atom is -0.392 e. The summed E-state index contributed by atoms with van der Waals surface area (Å²) in [6.45, 7) is 5.64. The van der Waals surface area contributed by atoms with Crippen molar-refractivity contribution >= 4 is 27.2 Å². The van der Waals surface area contributed by atoms with E-state index in [0.29, 0.717) is 12.3 Å². The van der Waals surface area contributed by atoms with Crippen molar-refractivity contribution in [2.24, 2.45) is 11.7 Å². The molecule has 1 rings (SSSR count). The lowest BCUT2D eigenvalue weighted by Gasteiger charge is -2.35. The van der Waals surface area contributed by atoms with Crippen LogP contribution in [-0.2, 0) is 10.0 Å². The summed E-state index contributed by atoms with van der Waals surface area (Å²) in [6.07, 6.45) is 1.23. The summed E-state index contributed by atoms with van der Waals surface area (Å²) >= 11 is 4.83. The number of rotatable bonds is 5. The van der Waals surface area contributed by atoms with E-state index in [-0.39, 0.29) is 11.0 Å². The zero-order chi connectivity index (χ0) is 13.9. The Morgan fingerprint density at radius 1 is 1.61 bits per heavy atom. The lowest BCUT2D eigenvalue weighted by atomic mass is 9.95. The first-order chi connectivity index (χ1) is 8.27. The van der Waals surface area contributed by atoms with Gasteiger partial charge in [0.2, 0.25) is 10.0 Å². The fourth-order valence-corrected chi connectivity index (χ4v) is 4.62. The van der Waals surface area contributed by atoms with E-state index < -0.39 is 15.3 Å². The molecule has 7 heteroatoms. The van der Waals surface area contributed by atoms with Gasteiger partial charge in [-0.3, -0.25) is 0 Å². The Kier molecular flexibility index (Phi) is 5.51. The molecule has 1 saturated heterocycles. The Morgan fingerprint density at radius 2 is 2.22 bits per heavy atom. The molecule has 0 radical (unpaired) electrons. The Morgan fingerprint density at radius 3 is 2.67 bits per heavy atom. The molecule has 0 saturated carbocycles. The highest BCUT2D eigenvalue weighted by molar-refractivity contribution is 7.93. The van der Waals surface area contributed by atoms with Crippen LogP contribution in [0.25, 0.3) is 0 Å². The van der Waals surface area contributed by atoms with Crippen LogP contribution in [0.2, 0.25) is 0 Å². The molecule has 0 amide bonds. The van der Waals surface area contributed by atoms with E-state index in [2.05, 4.69) is 16.5 Å². The molecule has 3 N–H and O–H groups in total. The lowest BCUT2D eigenvalue weighted by molar-refractivity contribution is 0.188. The van der Waals surface area contributed by atoms with Crippen molar-refractivity contribution in [3.63, 3.8) is 0 Å². The maximum Gasteiger partial charge on any atom is 0.221 e. The van der Waals surface area contributed by atoms with Crippen LogP contribution in [0.4, 0.5) is 0 Å². The number of nitrogens with two attached hydrogens (primary N) is 1. The summed E-state index contributed by atoms with van der Waals surface area (Å²) in [6, 6.07) is -0.0189. The van der Waals surface area contributed by atoms with Crippen LogP contribution in [0.3, 0.4) is 0 Å². The molecule has 0 aromatic heterocycles. The Hall–Kier alpha value is -0.240. The summed E-state index contributed by atoms with van der Waals surface area (Å²) in [7, 11) is -1.41. The SMILES string of the molecule is CCC(C(N)=S)S(=O)(=O)NC1CCN(C)CC1C. The van der Waals surface area contributed by atoms with Gasteiger partial charge in [0.25, 0.3) is 0 Å². The third-order valence-corrected chi connectivity index (χ3v) is 5.89. The smallest absolute Gasteiger partial charge is 0.221 e. The molecule has 3 unspecified atom stereocenters. The Bertz CT molecular complexity index is 397. The molecule has 3 atom stereocenters. The van der Waals surface area contributed by atoms with Crippen molar-refractivity contribution in [2.75, 3.05) is 20.1 Å². The number of nitrogens with zero attached hydrogens (tertiary/aromatic N) is 1. The predicted molar refractivity (Wildman–Crippen MR) is 78.0 cm³/mol. The molecule has 18 heavy (non-hydrogen) atoms. The number of thiocarbonyl (C=S) groups is 1. The van der Waals surface area contributed by atoms with Gasteiger partial charge in [-0.05, 0) is 32.4 Å². The molecule has 5 nitrogen and oxygen atoms in total. The number of piperidine rings is 1. The van der Waals surface area contributed by atoms with Crippen molar-refractivity contribution in [1.29, 1.82) is 0 Å². The topological polar surface area (TPSA) is 75.4 Å². The van der Waals surface area contributed by atoms with Gasteiger partial charge in [-0.1, -0.05) is 26.1 Å². The fraction of sp³-hybridized carbons (Fsp3) is 0.909. The molecule has 106 valence electrons. The zero-order valence-electron chi connectivity index (χ0n) is 11.2. The van der Waals surface area contributed by atoms with Crippen LogP contribution in [-0.4, -0.2) is 49.7 Å². The third kappa shape index (κ3) is 3.88. The van der Waals surface area contributed by atoms with Gasteiger partial charge in [0.05, 0.1) is 4.99 Å². The van der Waals surface area contributed by atoms with Gasteiger partial charge in [0.1, 0.15) is 5.25 Å². The zero-order valence-corrected chi connectivity index (χ0v) is 12.9. The van der Waals surface area contributed by atoms with E-state index in [1.807, 2.05) is 7.05 Å². The number of likely N-dealkylation sites (tertiary alicyclic amines) is 1. The van der Waals surface area contributed by atoms with E-state index in [1.54, 1.807) is 6.92 Å². The molecular formula is C11H23N3O2S2. The minimum atomic E-state index is -3.46. The van der Waals surface area contributed by atoms with Crippen molar-refractivity contribution in [1.82, 2.24) is 9.62 Å². The highest BCUT2D eigenvalue weighted by Crippen LogP contribution is 2.18. The van der Waals surface area contributed by atoms with Crippen LogP contribution in [0.5, 0.6) is 0 Å². The molecule has 0 spiro atoms. The third-order valence-electron chi connectivity index (χ3n) is 3.49. The molecule has 1 fully saturated rings. The van der Waals surface area contributed by atoms with Crippen molar-refractivity contribution in [3.8, 4) is 0 Å². The van der Waals surface area contributed by atoms with Gasteiger partial charge in [0.15, 0.2) is 0 Å². The van der Waals surface area contributed by atoms with Gasteiger partial charge in [-0.15, -0.1) is 0 Å². The molecule has 1 heterocycles. The van der Waals surface area contributed by atoms with E-state index >= 15 is 0 Å². The summed E-state index contributed by atoms with van der Waals surface area (Å²) in [4.78, 5) is 2.26. The number of hydrogen-bond acceptors (Lipinski definition) is 4. The molecule has 1 aliphatic rings. The maximum atomic E-state index is 12.2. The second-order valence-corrected chi connectivity index (χ2v) is 7.46. The first-order valence-corrected chi connectivity index (χ1v) is 8.22. The average molecular weight is 293 g/mol. The average Bonchev–Trinajstić information content (AvgIpc) is 2.22. The van der Waals surface area contributed by atoms with Gasteiger partial charge in [0, 0.05) is 12.6 Å². The molecule has 1 aliphatic heterocycles. The number of hydrogen-bond donors (Lipinski definition) is 2. The molecule has 0 aromatic rings. The van der Waals surface area contributed by atoms with Crippen LogP contribution in [0.1, 0.15) is 26.7 Å². The van der Waals surface area contributed by atoms with Crippen LogP contribution in [0, 0.1) is 5.92 Å². The normalized spacial score (nSPS) is 27.9. The largest absolute Gasteiger partial charge is 0.392 e. The van der Waals surface area contributed by atoms with Crippen LogP contribution >= 0.6 is 12.2 Å². The first kappa shape index (κ1) is 15.8. The summed E-state index contributed by atoms with van der Waals surface area (Å²) in [5.74, 6) is 0.294. The second kappa shape index (κ2) is 6.27. The summed E-state index contributed by atoms with van der Waals surface area (Å²) in [5, 5.41) is -0.764. The Labute approximate surface area is 115 Å². The number of nitrogens with one attached hydrogen (secondary N) is 1. The van der Waals surface area contributed by atoms with Crippen molar-refractivity contribution < 1.29 is 8.42 Å². The molecule has 0 bridgehead atoms. The van der Waals surface area contributed by atoms with Crippen molar-refractivity contribution in [3.05, 3.63) is 0 Å². The number of sulfonamides is 1. The van der Waals surface area contributed by atoms with E-state index in [0.717, 1.165) is 19.5 Å². The van der Waals surface area contributed by atoms with Gasteiger partial charge < -0.3 is 10.6 Å². The highest BCUT2D eigenvalue weighted by Gasteiger charge is 2.32. The summed E-state index contributed by atoms with van der Waals surface area (Å²) < 4.78 is 27.2. The van der Waals surface area contributed by atoms with E-state index in [1.165, 1.54) is 0 Å². The maximum absolute atomic E-state index is 12.2. The predicted octanol–water partition coefficient (Wildman–Crippen LogP) is 0.311. The monoisotopic (exact) mass is 293 g/mol. The van der Waals surface area contributed by atoms with Crippen LogP contribution < -0.4 is 10.5 Å². The molecule has 0 aliphatic carbocycles. The van der Waals surface area contributed by atoms with Crippen LogP contribution in [0.15, 0.2) is 0 Å². The fourth-order valence-electron chi connectivity index (χ4n) is 2.40. The van der Waals surface area contributed by atoms with Crippen molar-refractivity contribution in [2.45, 2.75) is 38.0 Å².